The summed E-state index contributed by atoms with van der Waals surface area (Å²) in [5.74, 6) is -0.168. The van der Waals surface area contributed by atoms with Gasteiger partial charge in [0.15, 0.2) is 5.84 Å². The topological polar surface area (TPSA) is 109 Å². The fourth-order valence-corrected chi connectivity index (χ4v) is 2.98. The summed E-state index contributed by atoms with van der Waals surface area (Å²) in [6.07, 6.45) is 2.75. The van der Waals surface area contributed by atoms with Crippen molar-refractivity contribution in [1.82, 2.24) is 4.98 Å². The summed E-state index contributed by atoms with van der Waals surface area (Å²) in [7, 11) is -2.38. The van der Waals surface area contributed by atoms with Crippen LogP contribution in [0.15, 0.2) is 58.8 Å². The molecular weight excluding hydrogens is 292 g/mol. The van der Waals surface area contributed by atoms with Crippen LogP contribution in [0.5, 0.6) is 0 Å². The van der Waals surface area contributed by atoms with E-state index in [1.54, 1.807) is 24.3 Å². The maximum Gasteiger partial charge on any atom is 0.265 e. The van der Waals surface area contributed by atoms with E-state index in [1.807, 2.05) is 0 Å². The lowest BCUT2D eigenvalue weighted by Crippen LogP contribution is -2.29. The van der Waals surface area contributed by atoms with Crippen molar-refractivity contribution in [2.24, 2.45) is 10.9 Å². The van der Waals surface area contributed by atoms with Crippen LogP contribution >= 0.6 is 0 Å². The molecule has 0 unspecified atom stereocenters. The molecule has 0 bridgehead atoms. The molecule has 7 nitrogen and oxygen atoms in total. The van der Waals surface area contributed by atoms with Gasteiger partial charge in [0.1, 0.15) is 4.90 Å². The average molecular weight is 306 g/mol. The van der Waals surface area contributed by atoms with Crippen molar-refractivity contribution in [3.8, 4) is 0 Å². The highest BCUT2D eigenvalue weighted by atomic mass is 32.2. The smallest absolute Gasteiger partial charge is 0.265 e. The van der Waals surface area contributed by atoms with E-state index in [1.165, 1.54) is 31.6 Å². The number of nitrogens with two attached hydrogens (primary N) is 1. The predicted molar refractivity (Wildman–Crippen MR) is 78.8 cm³/mol. The second-order valence-corrected chi connectivity index (χ2v) is 6.13. The number of rotatable bonds is 4. The molecule has 0 atom stereocenters. The molecule has 1 heterocycles. The number of oxime groups is 1. The summed E-state index contributed by atoms with van der Waals surface area (Å²) >= 11 is 0. The third kappa shape index (κ3) is 2.79. The van der Waals surface area contributed by atoms with E-state index < -0.39 is 10.0 Å². The number of nitrogens with zero attached hydrogens (tertiary/aromatic N) is 3. The van der Waals surface area contributed by atoms with Crippen LogP contribution in [0.2, 0.25) is 0 Å². The van der Waals surface area contributed by atoms with Crippen LogP contribution in [0.3, 0.4) is 0 Å². The van der Waals surface area contributed by atoms with Gasteiger partial charge in [0.05, 0.1) is 5.69 Å². The first-order valence-electron chi connectivity index (χ1n) is 5.94. The Morgan fingerprint density at radius 1 is 1.29 bits per heavy atom. The Kier molecular flexibility index (Phi) is 4.08. The van der Waals surface area contributed by atoms with Gasteiger partial charge in [-0.25, -0.2) is 8.42 Å². The summed E-state index contributed by atoms with van der Waals surface area (Å²) < 4.78 is 26.1. The largest absolute Gasteiger partial charge is 0.409 e. The first-order chi connectivity index (χ1) is 9.98. The van der Waals surface area contributed by atoms with Crippen molar-refractivity contribution in [2.45, 2.75) is 4.90 Å². The van der Waals surface area contributed by atoms with Crippen LogP contribution in [0.1, 0.15) is 5.56 Å². The Morgan fingerprint density at radius 2 is 2.00 bits per heavy atom. The summed E-state index contributed by atoms with van der Waals surface area (Å²) in [6, 6.07) is 9.46. The number of sulfonamides is 1. The summed E-state index contributed by atoms with van der Waals surface area (Å²) in [6.45, 7) is 0. The average Bonchev–Trinajstić information content (AvgIpc) is 2.54. The van der Waals surface area contributed by atoms with E-state index in [4.69, 9.17) is 10.9 Å². The van der Waals surface area contributed by atoms with Crippen molar-refractivity contribution >= 4 is 21.5 Å². The van der Waals surface area contributed by atoms with Crippen molar-refractivity contribution in [2.75, 3.05) is 11.4 Å². The number of benzene rings is 1. The molecule has 0 saturated heterocycles. The van der Waals surface area contributed by atoms with Crippen molar-refractivity contribution in [1.29, 1.82) is 0 Å². The molecule has 2 rings (SSSR count). The predicted octanol–water partition coefficient (Wildman–Crippen LogP) is 1.00. The zero-order chi connectivity index (χ0) is 15.5. The molecule has 0 aliphatic carbocycles. The highest BCUT2D eigenvalue weighted by Gasteiger charge is 2.24. The number of amidine groups is 1. The minimum absolute atomic E-state index is 0.0572. The minimum Gasteiger partial charge on any atom is -0.409 e. The van der Waals surface area contributed by atoms with Gasteiger partial charge in [0.2, 0.25) is 0 Å². The van der Waals surface area contributed by atoms with Crippen molar-refractivity contribution in [3.63, 3.8) is 0 Å². The molecular formula is C13H14N4O3S. The molecule has 0 radical (unpaired) electrons. The molecule has 0 amide bonds. The molecule has 110 valence electrons. The van der Waals surface area contributed by atoms with Gasteiger partial charge in [0, 0.05) is 25.0 Å². The van der Waals surface area contributed by atoms with E-state index in [9.17, 15) is 8.42 Å². The molecule has 0 aliphatic heterocycles. The van der Waals surface area contributed by atoms with Crippen LogP contribution in [-0.4, -0.2) is 31.5 Å². The van der Waals surface area contributed by atoms with Crippen LogP contribution in [0.4, 0.5) is 5.69 Å². The van der Waals surface area contributed by atoms with Crippen LogP contribution in [0, 0.1) is 0 Å². The van der Waals surface area contributed by atoms with E-state index in [-0.39, 0.29) is 10.7 Å². The summed E-state index contributed by atoms with van der Waals surface area (Å²) in [5.41, 5.74) is 6.20. The second-order valence-electron chi connectivity index (χ2n) is 4.16. The Labute approximate surface area is 122 Å². The Morgan fingerprint density at radius 3 is 2.62 bits per heavy atom. The third-order valence-electron chi connectivity index (χ3n) is 2.92. The van der Waals surface area contributed by atoms with Gasteiger partial charge < -0.3 is 10.9 Å². The van der Waals surface area contributed by atoms with Gasteiger partial charge in [0.25, 0.3) is 10.0 Å². The molecule has 2 aromatic rings. The maximum absolute atomic E-state index is 12.5. The van der Waals surface area contributed by atoms with Gasteiger partial charge in [-0.2, -0.15) is 0 Å². The standard InChI is InChI=1S/C13H14N4O3S/c1-17(21(19,20)10-5-4-8-15-9-10)12-7-3-2-6-11(12)13(14)16-18/h2-9,18H,1H3,(H2,14,16). The second kappa shape index (κ2) is 5.80. The SMILES string of the molecule is CN(c1ccccc1/C(N)=N/O)S(=O)(=O)c1cccnc1. The fourth-order valence-electron chi connectivity index (χ4n) is 1.81. The highest BCUT2D eigenvalue weighted by Crippen LogP contribution is 2.25. The van der Waals surface area contributed by atoms with Gasteiger partial charge in [-0.15, -0.1) is 0 Å². The first kappa shape index (κ1) is 14.8. The van der Waals surface area contributed by atoms with Gasteiger partial charge >= 0.3 is 0 Å². The lowest BCUT2D eigenvalue weighted by molar-refractivity contribution is 0.318. The summed E-state index contributed by atoms with van der Waals surface area (Å²) in [4.78, 5) is 3.86. The van der Waals surface area contributed by atoms with Crippen LogP contribution in [0.25, 0.3) is 0 Å². The lowest BCUT2D eigenvalue weighted by Gasteiger charge is -2.21. The minimum atomic E-state index is -3.78. The Hall–Kier alpha value is -2.61. The number of para-hydroxylation sites is 1. The zero-order valence-electron chi connectivity index (χ0n) is 11.2. The number of aromatic nitrogens is 1. The molecule has 3 N–H and O–H groups in total. The molecule has 1 aromatic heterocycles. The molecule has 1 aromatic carbocycles. The number of anilines is 1. The monoisotopic (exact) mass is 306 g/mol. The molecule has 0 saturated carbocycles. The van der Waals surface area contributed by atoms with E-state index >= 15 is 0 Å². The van der Waals surface area contributed by atoms with E-state index in [0.29, 0.717) is 11.3 Å². The van der Waals surface area contributed by atoms with Gasteiger partial charge in [-0.3, -0.25) is 9.29 Å². The fraction of sp³-hybridized carbons (Fsp3) is 0.0769. The third-order valence-corrected chi connectivity index (χ3v) is 4.67. The van der Waals surface area contributed by atoms with E-state index in [2.05, 4.69) is 10.1 Å². The zero-order valence-corrected chi connectivity index (χ0v) is 12.0. The maximum atomic E-state index is 12.5. The molecule has 0 fully saturated rings. The van der Waals surface area contributed by atoms with Crippen LogP contribution < -0.4 is 10.0 Å². The molecule has 0 spiro atoms. The number of pyridine rings is 1. The Balaban J connectivity index is 2.53. The first-order valence-corrected chi connectivity index (χ1v) is 7.38. The Bertz CT molecular complexity index is 760. The normalized spacial score (nSPS) is 12.1. The molecule has 0 aliphatic rings. The van der Waals surface area contributed by atoms with Crippen LogP contribution in [-0.2, 0) is 10.0 Å². The van der Waals surface area contributed by atoms with Crippen molar-refractivity contribution in [3.05, 3.63) is 54.4 Å². The summed E-state index contributed by atoms with van der Waals surface area (Å²) in [5, 5.41) is 11.7. The highest BCUT2D eigenvalue weighted by molar-refractivity contribution is 7.92. The van der Waals surface area contributed by atoms with E-state index in [0.717, 1.165) is 4.31 Å². The van der Waals surface area contributed by atoms with Gasteiger partial charge in [-0.1, -0.05) is 17.3 Å². The molecule has 8 heteroatoms. The van der Waals surface area contributed by atoms with Gasteiger partial charge in [-0.05, 0) is 24.3 Å². The van der Waals surface area contributed by atoms with Crippen molar-refractivity contribution < 1.29 is 13.6 Å². The quantitative estimate of drug-likeness (QED) is 0.379. The lowest BCUT2D eigenvalue weighted by atomic mass is 10.1. The number of hydrogen-bond acceptors (Lipinski definition) is 5. The number of hydrogen-bond donors (Lipinski definition) is 2. The molecule has 21 heavy (non-hydrogen) atoms.